The van der Waals surface area contributed by atoms with Crippen LogP contribution in [0.5, 0.6) is 0 Å². The molecule has 1 N–H and O–H groups in total. The molecule has 0 atom stereocenters. The van der Waals surface area contributed by atoms with Crippen molar-refractivity contribution in [2.24, 2.45) is 0 Å². The van der Waals surface area contributed by atoms with E-state index in [0.29, 0.717) is 4.68 Å². The molecule has 0 saturated carbocycles. The molecule has 4 rings (SSSR count). The van der Waals surface area contributed by atoms with Crippen molar-refractivity contribution in [3.05, 3.63) is 70.2 Å². The highest BCUT2D eigenvalue weighted by Crippen LogP contribution is 2.34. The van der Waals surface area contributed by atoms with Gasteiger partial charge in [0, 0.05) is 0 Å². The number of nitrogens with zero attached hydrogens (tertiary/aromatic N) is 7. The van der Waals surface area contributed by atoms with Gasteiger partial charge >= 0.3 is 6.18 Å². The fourth-order valence-electron chi connectivity index (χ4n) is 2.80. The second-order valence-corrected chi connectivity index (χ2v) is 7.02. The average Bonchev–Trinajstić information content (AvgIpc) is 3.45. The Morgan fingerprint density at radius 1 is 1.15 bits per heavy atom. The summed E-state index contributed by atoms with van der Waals surface area (Å²) in [4.78, 5) is 21.6. The van der Waals surface area contributed by atoms with Gasteiger partial charge in [-0.1, -0.05) is 5.92 Å². The molecule has 0 fully saturated rings. The number of carbonyl (C=O) groups excluding carboxylic acids is 1. The lowest BCUT2D eigenvalue weighted by molar-refractivity contribution is -0.143. The van der Waals surface area contributed by atoms with E-state index in [0.717, 1.165) is 23.1 Å². The highest BCUT2D eigenvalue weighted by atomic mass is 79.9. The minimum atomic E-state index is -4.98. The topological polar surface area (TPSA) is 103 Å². The van der Waals surface area contributed by atoms with E-state index in [1.165, 1.54) is 24.7 Å². The Bertz CT molecular complexity index is 1390. The third-order valence-electron chi connectivity index (χ3n) is 4.18. The molecule has 0 spiro atoms. The first-order chi connectivity index (χ1) is 15.7. The maximum Gasteiger partial charge on any atom is 0.434 e. The zero-order chi connectivity index (χ0) is 23.8. The van der Waals surface area contributed by atoms with Gasteiger partial charge in [-0.15, -0.1) is 11.2 Å². The van der Waals surface area contributed by atoms with Gasteiger partial charge in [-0.05, 0) is 34.1 Å². The first kappa shape index (κ1) is 22.1. The molecular weight excluding hydrogens is 512 g/mol. The fraction of sp³-hybridized carbons (Fsp3) is 0.0526. The zero-order valence-electron chi connectivity index (χ0n) is 16.0. The number of anilines is 1. The van der Waals surface area contributed by atoms with Gasteiger partial charge in [0.15, 0.2) is 23.1 Å². The van der Waals surface area contributed by atoms with Crippen molar-refractivity contribution in [3.63, 3.8) is 0 Å². The molecule has 0 bridgehead atoms. The summed E-state index contributed by atoms with van der Waals surface area (Å²) in [6.45, 7) is 0. The molecule has 4 aromatic heterocycles. The van der Waals surface area contributed by atoms with Crippen LogP contribution in [0, 0.1) is 18.2 Å². The van der Waals surface area contributed by atoms with Crippen molar-refractivity contribution < 1.29 is 22.4 Å². The maximum atomic E-state index is 13.8. The highest BCUT2D eigenvalue weighted by molar-refractivity contribution is 9.10. The van der Waals surface area contributed by atoms with Crippen LogP contribution < -0.4 is 5.32 Å². The number of hydrogen-bond acceptors (Lipinski definition) is 6. The number of terminal acetylenes is 1. The second kappa shape index (κ2) is 8.43. The third-order valence-corrected chi connectivity index (χ3v) is 4.73. The molecule has 0 saturated heterocycles. The summed E-state index contributed by atoms with van der Waals surface area (Å²) in [6, 6.07) is 3.24. The van der Waals surface area contributed by atoms with Crippen molar-refractivity contribution in [2.75, 3.05) is 5.32 Å². The van der Waals surface area contributed by atoms with Gasteiger partial charge in [-0.25, -0.2) is 19.0 Å². The molecule has 0 aliphatic carbocycles. The number of nitrogens with one attached hydrogen (secondary N) is 1. The molecule has 9 nitrogen and oxygen atoms in total. The average molecular weight is 521 g/mol. The van der Waals surface area contributed by atoms with E-state index in [-0.39, 0.29) is 27.5 Å². The summed E-state index contributed by atoms with van der Waals surface area (Å²) in [5, 5.41) is 13.8. The summed E-state index contributed by atoms with van der Waals surface area (Å²) in [5.41, 5.74) is -1.96. The lowest BCUT2D eigenvalue weighted by atomic mass is 10.2. The molecule has 0 radical (unpaired) electrons. The molecule has 4 aromatic rings. The number of amides is 1. The maximum absolute atomic E-state index is 13.8. The van der Waals surface area contributed by atoms with E-state index in [2.05, 4.69) is 52.4 Å². The first-order valence-corrected chi connectivity index (χ1v) is 9.60. The Hall–Kier alpha value is -4.12. The van der Waals surface area contributed by atoms with Crippen LogP contribution in [0.1, 0.15) is 21.6 Å². The molecule has 166 valence electrons. The standard InChI is InChI=1S/C19H9BrF4N8O/c1-2-10-7-11(8-25-17(10)32-26-5-6-27-32)29-18(33)12-9-28-31(15(12)19(22,23)24)14-4-3-13(21)16(20)30-14/h1,3-9H,(H,29,33). The minimum Gasteiger partial charge on any atom is -0.320 e. The molecule has 14 heteroatoms. The normalized spacial score (nSPS) is 11.3. The number of carbonyl (C=O) groups is 1. The smallest absolute Gasteiger partial charge is 0.320 e. The van der Waals surface area contributed by atoms with Crippen LogP contribution in [0.2, 0.25) is 0 Å². The predicted octanol–water partition coefficient (Wildman–Crippen LogP) is 3.40. The van der Waals surface area contributed by atoms with Gasteiger partial charge in [-0.3, -0.25) is 4.79 Å². The molecule has 0 aliphatic rings. The van der Waals surface area contributed by atoms with Crippen molar-refractivity contribution in [2.45, 2.75) is 6.18 Å². The SMILES string of the molecule is C#Cc1cc(NC(=O)c2cnn(-c3ccc(F)c(Br)n3)c2C(F)(F)F)cnc1-n1nccn1. The summed E-state index contributed by atoms with van der Waals surface area (Å²) in [6.07, 6.45) is 5.22. The molecule has 0 unspecified atom stereocenters. The van der Waals surface area contributed by atoms with Crippen molar-refractivity contribution >= 4 is 27.5 Å². The third kappa shape index (κ3) is 4.30. The molecule has 0 aliphatic heterocycles. The Labute approximate surface area is 190 Å². The minimum absolute atomic E-state index is 0.0346. The molecular formula is C19H9BrF4N8O. The van der Waals surface area contributed by atoms with Crippen LogP contribution in [0.3, 0.4) is 0 Å². The van der Waals surface area contributed by atoms with E-state index in [9.17, 15) is 22.4 Å². The predicted molar refractivity (Wildman–Crippen MR) is 109 cm³/mol. The van der Waals surface area contributed by atoms with Crippen LogP contribution in [-0.4, -0.2) is 40.6 Å². The van der Waals surface area contributed by atoms with Crippen LogP contribution >= 0.6 is 15.9 Å². The van der Waals surface area contributed by atoms with E-state index in [1.807, 2.05) is 0 Å². The van der Waals surface area contributed by atoms with Crippen molar-refractivity contribution in [3.8, 4) is 24.0 Å². The lowest BCUT2D eigenvalue weighted by Crippen LogP contribution is -2.21. The van der Waals surface area contributed by atoms with Gasteiger partial charge in [0.2, 0.25) is 0 Å². The number of pyridine rings is 2. The summed E-state index contributed by atoms with van der Waals surface area (Å²) >= 11 is 2.81. The Morgan fingerprint density at radius 2 is 1.88 bits per heavy atom. The number of alkyl halides is 3. The Morgan fingerprint density at radius 3 is 2.52 bits per heavy atom. The largest absolute Gasteiger partial charge is 0.434 e. The summed E-state index contributed by atoms with van der Waals surface area (Å²) in [7, 11) is 0. The van der Waals surface area contributed by atoms with Crippen molar-refractivity contribution in [1.82, 2.24) is 34.7 Å². The van der Waals surface area contributed by atoms with Crippen LogP contribution in [0.25, 0.3) is 11.6 Å². The number of rotatable bonds is 4. The van der Waals surface area contributed by atoms with E-state index >= 15 is 0 Å². The molecule has 0 aromatic carbocycles. The lowest BCUT2D eigenvalue weighted by Gasteiger charge is -2.13. The van der Waals surface area contributed by atoms with Crippen LogP contribution in [-0.2, 0) is 6.18 Å². The Balaban J connectivity index is 1.70. The van der Waals surface area contributed by atoms with E-state index < -0.39 is 29.2 Å². The monoisotopic (exact) mass is 520 g/mol. The van der Waals surface area contributed by atoms with Gasteiger partial charge in [-0.2, -0.15) is 28.5 Å². The highest BCUT2D eigenvalue weighted by Gasteiger charge is 2.41. The van der Waals surface area contributed by atoms with Crippen LogP contribution in [0.4, 0.5) is 23.2 Å². The van der Waals surface area contributed by atoms with Crippen molar-refractivity contribution in [1.29, 1.82) is 0 Å². The van der Waals surface area contributed by atoms with Gasteiger partial charge in [0.05, 0.1) is 41.6 Å². The van der Waals surface area contributed by atoms with E-state index in [1.54, 1.807) is 0 Å². The first-order valence-electron chi connectivity index (χ1n) is 8.81. The fourth-order valence-corrected chi connectivity index (χ4v) is 3.12. The van der Waals surface area contributed by atoms with Crippen LogP contribution in [0.15, 0.2) is 47.6 Å². The Kier molecular flexibility index (Phi) is 5.64. The number of hydrogen-bond donors (Lipinski definition) is 1. The van der Waals surface area contributed by atoms with Gasteiger partial charge in [0.25, 0.3) is 5.91 Å². The van der Waals surface area contributed by atoms with E-state index in [4.69, 9.17) is 6.42 Å². The van der Waals surface area contributed by atoms with Gasteiger partial charge in [0.1, 0.15) is 4.60 Å². The van der Waals surface area contributed by atoms with Gasteiger partial charge < -0.3 is 5.32 Å². The second-order valence-electron chi connectivity index (χ2n) is 6.27. The molecule has 33 heavy (non-hydrogen) atoms. The summed E-state index contributed by atoms with van der Waals surface area (Å²) < 4.78 is 55.0. The summed E-state index contributed by atoms with van der Waals surface area (Å²) in [5.74, 6) is 0.305. The quantitative estimate of drug-likeness (QED) is 0.251. The molecule has 4 heterocycles. The zero-order valence-corrected chi connectivity index (χ0v) is 17.6. The molecule has 1 amide bonds. The number of aromatic nitrogens is 7. The number of halogens is 5.